The topological polar surface area (TPSA) is 46.5 Å². The zero-order valence-electron chi connectivity index (χ0n) is 8.57. The van der Waals surface area contributed by atoms with Crippen LogP contribution in [0.1, 0.15) is 11.1 Å². The standard InChI is InChI=1S/C10H5ClF3NO2S/c11-8-5-15-9(18(8,16)17)6-3-1-2-4-7(6)10(12,13)14/h1-5H. The number of rotatable bonds is 1. The van der Waals surface area contributed by atoms with Gasteiger partial charge in [-0.1, -0.05) is 29.8 Å². The van der Waals surface area contributed by atoms with E-state index in [2.05, 4.69) is 4.99 Å². The summed E-state index contributed by atoms with van der Waals surface area (Å²) in [4.78, 5) is 3.45. The highest BCUT2D eigenvalue weighted by molar-refractivity contribution is 8.11. The van der Waals surface area contributed by atoms with E-state index in [0.29, 0.717) is 0 Å². The minimum Gasteiger partial charge on any atom is -0.241 e. The number of hydrogen-bond donors (Lipinski definition) is 0. The Morgan fingerprint density at radius 3 is 2.28 bits per heavy atom. The van der Waals surface area contributed by atoms with Crippen molar-refractivity contribution in [2.75, 3.05) is 0 Å². The molecular formula is C10H5ClF3NO2S. The van der Waals surface area contributed by atoms with Crippen LogP contribution in [0.15, 0.2) is 39.8 Å². The maximum Gasteiger partial charge on any atom is 0.417 e. The Morgan fingerprint density at radius 2 is 1.78 bits per heavy atom. The molecule has 8 heteroatoms. The Hall–Kier alpha value is -1.34. The number of halogens is 4. The van der Waals surface area contributed by atoms with E-state index in [0.717, 1.165) is 18.3 Å². The fraction of sp³-hybridized carbons (Fsp3) is 0.100. The van der Waals surface area contributed by atoms with Crippen LogP contribution >= 0.6 is 11.6 Å². The van der Waals surface area contributed by atoms with E-state index in [-0.39, 0.29) is 0 Å². The molecule has 18 heavy (non-hydrogen) atoms. The molecule has 96 valence electrons. The molecule has 0 amide bonds. The summed E-state index contributed by atoms with van der Waals surface area (Å²) in [5, 5.41) is -0.680. The first-order chi connectivity index (χ1) is 8.24. The van der Waals surface area contributed by atoms with Gasteiger partial charge in [-0.25, -0.2) is 13.4 Å². The molecule has 0 bridgehead atoms. The summed E-state index contributed by atoms with van der Waals surface area (Å²) >= 11 is 5.39. The van der Waals surface area contributed by atoms with Crippen molar-refractivity contribution < 1.29 is 21.6 Å². The fourth-order valence-electron chi connectivity index (χ4n) is 1.47. The molecule has 2 rings (SSSR count). The zero-order valence-corrected chi connectivity index (χ0v) is 10.1. The van der Waals surface area contributed by atoms with Gasteiger partial charge in [0.2, 0.25) is 9.84 Å². The Labute approximate surface area is 106 Å². The third-order valence-corrected chi connectivity index (χ3v) is 4.42. The van der Waals surface area contributed by atoms with E-state index in [9.17, 15) is 21.6 Å². The second-order valence-electron chi connectivity index (χ2n) is 3.41. The average molecular weight is 296 g/mol. The zero-order chi connectivity index (χ0) is 13.6. The number of nitrogens with zero attached hydrogens (tertiary/aromatic N) is 1. The molecule has 0 saturated carbocycles. The first-order valence-corrected chi connectivity index (χ1v) is 6.46. The lowest BCUT2D eigenvalue weighted by Crippen LogP contribution is -2.18. The van der Waals surface area contributed by atoms with Gasteiger partial charge in [0.15, 0.2) is 9.41 Å². The van der Waals surface area contributed by atoms with Crippen LogP contribution in [0.4, 0.5) is 13.2 Å². The molecule has 0 N–H and O–H groups in total. The van der Waals surface area contributed by atoms with Gasteiger partial charge in [0.1, 0.15) is 0 Å². The quantitative estimate of drug-likeness (QED) is 0.800. The van der Waals surface area contributed by atoms with Gasteiger partial charge in [-0.05, 0) is 6.07 Å². The predicted molar refractivity (Wildman–Crippen MR) is 60.8 cm³/mol. The Bertz CT molecular complexity index is 662. The molecule has 0 aliphatic carbocycles. The molecule has 1 aromatic carbocycles. The lowest BCUT2D eigenvalue weighted by Gasteiger charge is -2.12. The first-order valence-electron chi connectivity index (χ1n) is 4.60. The molecule has 3 nitrogen and oxygen atoms in total. The summed E-state index contributed by atoms with van der Waals surface area (Å²) in [5.74, 6) is 0. The predicted octanol–water partition coefficient (Wildman–Crippen LogP) is 2.92. The number of sulfone groups is 1. The lowest BCUT2D eigenvalue weighted by atomic mass is 10.1. The highest BCUT2D eigenvalue weighted by atomic mass is 35.5. The van der Waals surface area contributed by atoms with Gasteiger partial charge >= 0.3 is 6.18 Å². The van der Waals surface area contributed by atoms with Gasteiger partial charge in [-0.3, -0.25) is 0 Å². The fourth-order valence-corrected chi connectivity index (χ4v) is 2.77. The molecule has 0 fully saturated rings. The SMILES string of the molecule is O=S1(=O)C(Cl)=CN=C1c1ccccc1C(F)(F)F. The normalized spacial score (nSPS) is 18.4. The molecular weight excluding hydrogens is 291 g/mol. The molecule has 0 atom stereocenters. The van der Waals surface area contributed by atoms with Gasteiger partial charge in [-0.2, -0.15) is 13.2 Å². The highest BCUT2D eigenvalue weighted by Crippen LogP contribution is 2.35. The van der Waals surface area contributed by atoms with Crippen molar-refractivity contribution >= 4 is 26.5 Å². The number of hydrogen-bond acceptors (Lipinski definition) is 3. The number of aliphatic imine (C=N–C) groups is 1. The second kappa shape index (κ2) is 4.10. The Balaban J connectivity index is 2.63. The van der Waals surface area contributed by atoms with E-state index in [1.807, 2.05) is 0 Å². The maximum absolute atomic E-state index is 12.8. The van der Waals surface area contributed by atoms with Gasteiger partial charge in [0, 0.05) is 5.56 Å². The lowest BCUT2D eigenvalue weighted by molar-refractivity contribution is -0.137. The number of alkyl halides is 3. The third-order valence-electron chi connectivity index (χ3n) is 2.26. The molecule has 1 heterocycles. The van der Waals surface area contributed by atoms with Crippen molar-refractivity contribution in [3.63, 3.8) is 0 Å². The molecule has 0 unspecified atom stereocenters. The number of benzene rings is 1. The molecule has 0 spiro atoms. The van der Waals surface area contributed by atoms with Crippen LogP contribution < -0.4 is 0 Å². The van der Waals surface area contributed by atoms with Crippen LogP contribution in [-0.2, 0) is 16.0 Å². The van der Waals surface area contributed by atoms with Crippen LogP contribution in [0.25, 0.3) is 0 Å². The molecule has 0 radical (unpaired) electrons. The van der Waals surface area contributed by atoms with Crippen LogP contribution in [0.3, 0.4) is 0 Å². The van der Waals surface area contributed by atoms with E-state index in [1.54, 1.807) is 0 Å². The van der Waals surface area contributed by atoms with Crippen molar-refractivity contribution in [2.24, 2.45) is 4.99 Å². The largest absolute Gasteiger partial charge is 0.417 e. The van der Waals surface area contributed by atoms with Crippen LogP contribution in [0, 0.1) is 0 Å². The van der Waals surface area contributed by atoms with Crippen molar-refractivity contribution in [1.29, 1.82) is 0 Å². The molecule has 0 aromatic heterocycles. The van der Waals surface area contributed by atoms with Crippen LogP contribution in [0.2, 0.25) is 0 Å². The molecule has 1 aliphatic rings. The summed E-state index contributed by atoms with van der Waals surface area (Å²) in [6.45, 7) is 0. The van der Waals surface area contributed by atoms with Crippen molar-refractivity contribution in [3.8, 4) is 0 Å². The van der Waals surface area contributed by atoms with Gasteiger partial charge in [0.25, 0.3) is 0 Å². The minimum atomic E-state index is -4.66. The minimum absolute atomic E-state index is 0.503. The van der Waals surface area contributed by atoms with Gasteiger partial charge in [-0.15, -0.1) is 0 Å². The summed E-state index contributed by atoms with van der Waals surface area (Å²) in [6, 6.07) is 4.31. The molecule has 1 aliphatic heterocycles. The van der Waals surface area contributed by atoms with E-state index in [1.165, 1.54) is 12.1 Å². The first kappa shape index (κ1) is 13.1. The summed E-state index contributed by atoms with van der Waals surface area (Å²) in [7, 11) is -4.13. The van der Waals surface area contributed by atoms with E-state index >= 15 is 0 Å². The Morgan fingerprint density at radius 1 is 1.17 bits per heavy atom. The van der Waals surface area contributed by atoms with E-state index in [4.69, 9.17) is 11.6 Å². The molecule has 1 aromatic rings. The maximum atomic E-state index is 12.8. The van der Waals surface area contributed by atoms with E-state index < -0.39 is 36.5 Å². The molecule has 0 saturated heterocycles. The summed E-state index contributed by atoms with van der Waals surface area (Å²) in [6.07, 6.45) is -3.84. The van der Waals surface area contributed by atoms with Crippen LogP contribution in [-0.4, -0.2) is 13.5 Å². The van der Waals surface area contributed by atoms with Gasteiger partial charge in [0.05, 0.1) is 11.8 Å². The van der Waals surface area contributed by atoms with Crippen LogP contribution in [0.5, 0.6) is 0 Å². The summed E-state index contributed by atoms with van der Waals surface area (Å²) in [5.41, 5.74) is -1.57. The second-order valence-corrected chi connectivity index (χ2v) is 5.88. The van der Waals surface area contributed by atoms with Gasteiger partial charge < -0.3 is 0 Å². The monoisotopic (exact) mass is 295 g/mol. The smallest absolute Gasteiger partial charge is 0.241 e. The van der Waals surface area contributed by atoms with Crippen molar-refractivity contribution in [3.05, 3.63) is 46.0 Å². The van der Waals surface area contributed by atoms with Crippen molar-refractivity contribution in [1.82, 2.24) is 0 Å². The average Bonchev–Trinajstić information content (AvgIpc) is 2.53. The Kier molecular flexibility index (Phi) is 2.98. The summed E-state index contributed by atoms with van der Waals surface area (Å²) < 4.78 is 61.0. The van der Waals surface area contributed by atoms with Crippen molar-refractivity contribution in [2.45, 2.75) is 6.18 Å². The third kappa shape index (κ3) is 2.04. The highest BCUT2D eigenvalue weighted by Gasteiger charge is 2.38.